The van der Waals surface area contributed by atoms with E-state index in [4.69, 9.17) is 0 Å². The molecule has 74 valence electrons. The molecule has 0 saturated heterocycles. The SMILES string of the molecule is O=C(N[C@@H]1CC1(F)F)c1ccccc1. The van der Waals surface area contributed by atoms with E-state index >= 15 is 0 Å². The van der Waals surface area contributed by atoms with Gasteiger partial charge in [-0.2, -0.15) is 0 Å². The van der Waals surface area contributed by atoms with Gasteiger partial charge in [0, 0.05) is 12.0 Å². The van der Waals surface area contributed by atoms with Gasteiger partial charge < -0.3 is 5.32 Å². The molecule has 1 atom stereocenters. The Morgan fingerprint density at radius 2 is 1.93 bits per heavy atom. The highest BCUT2D eigenvalue weighted by Gasteiger charge is 2.57. The van der Waals surface area contributed by atoms with Crippen LogP contribution in [0.25, 0.3) is 0 Å². The lowest BCUT2D eigenvalue weighted by atomic mass is 10.2. The standard InChI is InChI=1S/C10H9F2NO/c11-10(12)6-8(10)13-9(14)7-4-2-1-3-5-7/h1-5,8H,6H2,(H,13,14)/t8-/m1/s1. The molecule has 0 aliphatic heterocycles. The van der Waals surface area contributed by atoms with Gasteiger partial charge in [0.15, 0.2) is 0 Å². The number of halogens is 2. The maximum absolute atomic E-state index is 12.5. The van der Waals surface area contributed by atoms with E-state index in [2.05, 4.69) is 5.32 Å². The summed E-state index contributed by atoms with van der Waals surface area (Å²) in [4.78, 5) is 11.3. The lowest BCUT2D eigenvalue weighted by molar-refractivity contribution is 0.0849. The molecule has 1 fully saturated rings. The third-order valence-corrected chi connectivity index (χ3v) is 2.17. The van der Waals surface area contributed by atoms with E-state index < -0.39 is 17.9 Å². The minimum absolute atomic E-state index is 0.244. The number of alkyl halides is 2. The van der Waals surface area contributed by atoms with E-state index in [9.17, 15) is 13.6 Å². The third kappa shape index (κ3) is 1.73. The Balaban J connectivity index is 1.98. The van der Waals surface area contributed by atoms with Crippen molar-refractivity contribution in [3.63, 3.8) is 0 Å². The van der Waals surface area contributed by atoms with Crippen molar-refractivity contribution >= 4 is 5.91 Å². The van der Waals surface area contributed by atoms with Gasteiger partial charge in [-0.15, -0.1) is 0 Å². The smallest absolute Gasteiger partial charge is 0.270 e. The molecule has 2 rings (SSSR count). The molecule has 1 aromatic rings. The normalized spacial score (nSPS) is 22.9. The number of carbonyl (C=O) groups is 1. The zero-order valence-corrected chi connectivity index (χ0v) is 7.34. The predicted molar refractivity (Wildman–Crippen MR) is 47.3 cm³/mol. The number of hydrogen-bond acceptors (Lipinski definition) is 1. The van der Waals surface area contributed by atoms with Crippen LogP contribution in [0.1, 0.15) is 16.8 Å². The number of carbonyl (C=O) groups excluding carboxylic acids is 1. The highest BCUT2D eigenvalue weighted by molar-refractivity contribution is 5.94. The van der Waals surface area contributed by atoms with Crippen molar-refractivity contribution in [2.45, 2.75) is 18.4 Å². The molecule has 0 radical (unpaired) electrons. The van der Waals surface area contributed by atoms with Crippen LogP contribution >= 0.6 is 0 Å². The van der Waals surface area contributed by atoms with Crippen LogP contribution in [0.15, 0.2) is 30.3 Å². The summed E-state index contributed by atoms with van der Waals surface area (Å²) >= 11 is 0. The molecule has 14 heavy (non-hydrogen) atoms. The van der Waals surface area contributed by atoms with Gasteiger partial charge >= 0.3 is 0 Å². The second-order valence-electron chi connectivity index (χ2n) is 3.36. The molecular formula is C10H9F2NO. The number of rotatable bonds is 2. The molecule has 1 amide bonds. The molecule has 2 nitrogen and oxygen atoms in total. The molecule has 4 heteroatoms. The van der Waals surface area contributed by atoms with Gasteiger partial charge in [-0.05, 0) is 12.1 Å². The summed E-state index contributed by atoms with van der Waals surface area (Å²) in [7, 11) is 0. The van der Waals surface area contributed by atoms with Crippen LogP contribution in [0.2, 0.25) is 0 Å². The summed E-state index contributed by atoms with van der Waals surface area (Å²) in [6.07, 6.45) is -0.244. The number of benzene rings is 1. The molecule has 0 bridgehead atoms. The maximum atomic E-state index is 12.5. The van der Waals surface area contributed by atoms with Crippen LogP contribution in [0.3, 0.4) is 0 Å². The Kier molecular flexibility index (Phi) is 1.98. The van der Waals surface area contributed by atoms with E-state index in [-0.39, 0.29) is 6.42 Å². The predicted octanol–water partition coefficient (Wildman–Crippen LogP) is 1.82. The Hall–Kier alpha value is -1.45. The van der Waals surface area contributed by atoms with Gasteiger partial charge in [-0.1, -0.05) is 18.2 Å². The minimum Gasteiger partial charge on any atom is -0.343 e. The Morgan fingerprint density at radius 3 is 2.43 bits per heavy atom. The van der Waals surface area contributed by atoms with Crippen molar-refractivity contribution in [2.24, 2.45) is 0 Å². The molecule has 1 saturated carbocycles. The minimum atomic E-state index is -2.70. The largest absolute Gasteiger partial charge is 0.343 e. The first kappa shape index (κ1) is 9.12. The van der Waals surface area contributed by atoms with Crippen molar-refractivity contribution in [3.8, 4) is 0 Å². The van der Waals surface area contributed by atoms with E-state index in [0.29, 0.717) is 5.56 Å². The summed E-state index contributed by atoms with van der Waals surface area (Å²) in [6.45, 7) is 0. The first-order valence-electron chi connectivity index (χ1n) is 4.33. The molecule has 0 spiro atoms. The van der Waals surface area contributed by atoms with Gasteiger partial charge in [-0.3, -0.25) is 4.79 Å². The summed E-state index contributed by atoms with van der Waals surface area (Å²) < 4.78 is 24.9. The maximum Gasteiger partial charge on any atom is 0.270 e. The summed E-state index contributed by atoms with van der Waals surface area (Å²) in [5.41, 5.74) is 0.412. The van der Waals surface area contributed by atoms with Crippen LogP contribution in [0, 0.1) is 0 Å². The monoisotopic (exact) mass is 197 g/mol. The van der Waals surface area contributed by atoms with Crippen molar-refractivity contribution in [1.29, 1.82) is 0 Å². The van der Waals surface area contributed by atoms with Gasteiger partial charge in [-0.25, -0.2) is 8.78 Å². The van der Waals surface area contributed by atoms with E-state index in [1.165, 1.54) is 0 Å². The topological polar surface area (TPSA) is 29.1 Å². The fraction of sp³-hybridized carbons (Fsp3) is 0.300. The number of nitrogens with one attached hydrogen (secondary N) is 1. The van der Waals surface area contributed by atoms with Crippen LogP contribution in [0.5, 0.6) is 0 Å². The molecule has 1 aliphatic rings. The number of hydrogen-bond donors (Lipinski definition) is 1. The van der Waals surface area contributed by atoms with E-state index in [1.807, 2.05) is 0 Å². The van der Waals surface area contributed by atoms with Crippen LogP contribution in [0.4, 0.5) is 8.78 Å². The zero-order valence-electron chi connectivity index (χ0n) is 7.34. The second kappa shape index (κ2) is 3.04. The van der Waals surface area contributed by atoms with Crippen LogP contribution in [-0.2, 0) is 0 Å². The lowest BCUT2D eigenvalue weighted by Crippen LogP contribution is -2.29. The Morgan fingerprint density at radius 1 is 1.36 bits per heavy atom. The molecular weight excluding hydrogens is 188 g/mol. The quantitative estimate of drug-likeness (QED) is 0.769. The van der Waals surface area contributed by atoms with Crippen molar-refractivity contribution < 1.29 is 13.6 Å². The third-order valence-electron chi connectivity index (χ3n) is 2.17. The molecule has 1 aliphatic carbocycles. The first-order chi connectivity index (χ1) is 6.59. The van der Waals surface area contributed by atoms with Gasteiger partial charge in [0.2, 0.25) is 0 Å². The molecule has 0 heterocycles. The fourth-order valence-electron chi connectivity index (χ4n) is 1.20. The van der Waals surface area contributed by atoms with Crippen LogP contribution < -0.4 is 5.32 Å². The molecule has 0 aromatic heterocycles. The van der Waals surface area contributed by atoms with Gasteiger partial charge in [0.25, 0.3) is 11.8 Å². The first-order valence-corrected chi connectivity index (χ1v) is 4.33. The number of amides is 1. The highest BCUT2D eigenvalue weighted by Crippen LogP contribution is 2.41. The van der Waals surface area contributed by atoms with Gasteiger partial charge in [0.1, 0.15) is 0 Å². The fourth-order valence-corrected chi connectivity index (χ4v) is 1.20. The van der Waals surface area contributed by atoms with E-state index in [1.54, 1.807) is 30.3 Å². The summed E-state index contributed by atoms with van der Waals surface area (Å²) in [5.74, 6) is -3.14. The Bertz CT molecular complexity index is 350. The van der Waals surface area contributed by atoms with E-state index in [0.717, 1.165) is 0 Å². The summed E-state index contributed by atoms with van der Waals surface area (Å²) in [5, 5.41) is 2.27. The highest BCUT2D eigenvalue weighted by atomic mass is 19.3. The average Bonchev–Trinajstić information content (AvgIpc) is 2.75. The van der Waals surface area contributed by atoms with Crippen LogP contribution in [-0.4, -0.2) is 17.9 Å². The van der Waals surface area contributed by atoms with Crippen molar-refractivity contribution in [1.82, 2.24) is 5.32 Å². The average molecular weight is 197 g/mol. The Labute approximate surface area is 79.9 Å². The zero-order chi connectivity index (χ0) is 10.2. The molecule has 1 N–H and O–H groups in total. The lowest BCUT2D eigenvalue weighted by Gasteiger charge is -2.02. The molecule has 1 aromatic carbocycles. The van der Waals surface area contributed by atoms with Crippen molar-refractivity contribution in [3.05, 3.63) is 35.9 Å². The van der Waals surface area contributed by atoms with Crippen molar-refractivity contribution in [2.75, 3.05) is 0 Å². The molecule has 0 unspecified atom stereocenters. The second-order valence-corrected chi connectivity index (χ2v) is 3.36. The summed E-state index contributed by atoms with van der Waals surface area (Å²) in [6, 6.07) is 7.36. The van der Waals surface area contributed by atoms with Gasteiger partial charge in [0.05, 0.1) is 6.04 Å².